The number of rotatable bonds is 6. The van der Waals surface area contributed by atoms with Crippen molar-refractivity contribution in [3.63, 3.8) is 0 Å². The lowest BCUT2D eigenvalue weighted by atomic mass is 10.2. The minimum Gasteiger partial charge on any atom is -0.420 e. The molecule has 0 radical (unpaired) electrons. The van der Waals surface area contributed by atoms with Gasteiger partial charge in [0.05, 0.1) is 11.3 Å². The fourth-order valence-electron chi connectivity index (χ4n) is 2.02. The van der Waals surface area contributed by atoms with E-state index in [1.165, 1.54) is 11.8 Å². The maximum absolute atomic E-state index is 11.6. The highest BCUT2D eigenvalue weighted by molar-refractivity contribution is 9.10. The minimum atomic E-state index is -0.200. The zero-order valence-corrected chi connectivity index (χ0v) is 14.7. The summed E-state index contributed by atoms with van der Waals surface area (Å²) in [5.74, 6) is 1.39. The number of hydrogen-bond acceptors (Lipinski definition) is 6. The molecule has 9 heteroatoms. The Morgan fingerprint density at radius 3 is 2.96 bits per heavy atom. The number of H-pyrrole nitrogens is 1. The van der Waals surface area contributed by atoms with Crippen molar-refractivity contribution in [2.24, 2.45) is 0 Å². The first-order chi connectivity index (χ1) is 11.2. The van der Waals surface area contributed by atoms with Crippen LogP contribution in [0.5, 0.6) is 0 Å². The summed E-state index contributed by atoms with van der Waals surface area (Å²) in [4.78, 5) is 11.6. The number of halogens is 1. The summed E-state index contributed by atoms with van der Waals surface area (Å²) < 4.78 is 8.18. The van der Waals surface area contributed by atoms with Gasteiger partial charge in [-0.2, -0.15) is 0 Å². The molecule has 0 bridgehead atoms. The molecule has 0 amide bonds. The number of nitrogens with zero attached hydrogens (tertiary/aromatic N) is 4. The van der Waals surface area contributed by atoms with E-state index in [-0.39, 0.29) is 5.69 Å². The Labute approximate surface area is 144 Å². The third-order valence-corrected chi connectivity index (χ3v) is 4.72. The second-order valence-electron chi connectivity index (χ2n) is 4.73. The van der Waals surface area contributed by atoms with Crippen molar-refractivity contribution >= 4 is 27.7 Å². The molecule has 2 aromatic heterocycles. The normalized spacial score (nSPS) is 11.0. The molecule has 0 aliphatic rings. The summed E-state index contributed by atoms with van der Waals surface area (Å²) in [5, 5.41) is 15.2. The lowest BCUT2D eigenvalue weighted by Crippen LogP contribution is -2.17. The van der Waals surface area contributed by atoms with Crippen LogP contribution in [0.15, 0.2) is 43.1 Å². The van der Waals surface area contributed by atoms with Gasteiger partial charge in [-0.25, -0.2) is 9.89 Å². The van der Waals surface area contributed by atoms with E-state index < -0.39 is 0 Å². The van der Waals surface area contributed by atoms with Crippen molar-refractivity contribution in [1.82, 2.24) is 25.0 Å². The van der Waals surface area contributed by atoms with Gasteiger partial charge in [-0.05, 0) is 34.5 Å². The zero-order valence-electron chi connectivity index (χ0n) is 12.3. The Hall–Kier alpha value is -1.87. The van der Waals surface area contributed by atoms with E-state index in [2.05, 4.69) is 36.3 Å². The maximum atomic E-state index is 11.6. The molecule has 1 N–H and O–H groups in total. The second kappa shape index (κ2) is 7.14. The topological polar surface area (TPSA) is 89.6 Å². The average Bonchev–Trinajstić information content (AvgIpc) is 3.14. The van der Waals surface area contributed by atoms with Crippen LogP contribution in [0.2, 0.25) is 0 Å². The Bertz CT molecular complexity index is 857. The van der Waals surface area contributed by atoms with Gasteiger partial charge in [-0.3, -0.25) is 4.57 Å². The molecule has 3 rings (SSSR count). The lowest BCUT2D eigenvalue weighted by Gasteiger charge is -2.01. The molecule has 0 unspecified atom stereocenters. The largest absolute Gasteiger partial charge is 0.420 e. The highest BCUT2D eigenvalue weighted by Crippen LogP contribution is 2.28. The molecular formula is C14H14BrN5O2S. The van der Waals surface area contributed by atoms with Crippen LogP contribution in [0.3, 0.4) is 0 Å². The molecular weight excluding hydrogens is 382 g/mol. The van der Waals surface area contributed by atoms with E-state index in [1.807, 2.05) is 31.2 Å². The first kappa shape index (κ1) is 16.0. The Morgan fingerprint density at radius 2 is 2.17 bits per heavy atom. The van der Waals surface area contributed by atoms with E-state index in [0.717, 1.165) is 16.5 Å². The molecule has 0 fully saturated rings. The van der Waals surface area contributed by atoms with Crippen molar-refractivity contribution in [3.8, 4) is 11.5 Å². The van der Waals surface area contributed by atoms with Crippen LogP contribution in [0, 0.1) is 0 Å². The highest BCUT2D eigenvalue weighted by atomic mass is 79.9. The van der Waals surface area contributed by atoms with Gasteiger partial charge in [0.15, 0.2) is 5.16 Å². The Balaban J connectivity index is 1.73. The van der Waals surface area contributed by atoms with Gasteiger partial charge < -0.3 is 4.42 Å². The maximum Gasteiger partial charge on any atom is 0.343 e. The molecule has 1 aromatic carbocycles. The molecule has 0 saturated carbocycles. The van der Waals surface area contributed by atoms with Crippen molar-refractivity contribution < 1.29 is 4.42 Å². The van der Waals surface area contributed by atoms with Crippen molar-refractivity contribution in [2.45, 2.75) is 30.8 Å². The van der Waals surface area contributed by atoms with Gasteiger partial charge >= 0.3 is 5.69 Å². The van der Waals surface area contributed by atoms with Crippen molar-refractivity contribution in [2.75, 3.05) is 0 Å². The standard InChI is InChI=1S/C14H14BrN5O2S/c1-2-7-20-13(21)18-19-14(20)23-8-11-16-17-12(22-11)9-5-3-4-6-10(9)15/h3-6H,2,7-8H2,1H3,(H,18,21). The SMILES string of the molecule is CCCn1c(SCc2nnc(-c3ccccc3Br)o2)n[nH]c1=O. The number of hydrogen-bond donors (Lipinski definition) is 1. The van der Waals surface area contributed by atoms with Gasteiger partial charge in [0.1, 0.15) is 0 Å². The van der Waals surface area contributed by atoms with Gasteiger partial charge in [-0.15, -0.1) is 15.3 Å². The number of aromatic nitrogens is 5. The van der Waals surface area contributed by atoms with Crippen molar-refractivity contribution in [1.29, 1.82) is 0 Å². The van der Waals surface area contributed by atoms with Gasteiger partial charge in [0.2, 0.25) is 11.8 Å². The minimum absolute atomic E-state index is 0.200. The van der Waals surface area contributed by atoms with Crippen LogP contribution >= 0.6 is 27.7 Å². The molecule has 120 valence electrons. The second-order valence-corrected chi connectivity index (χ2v) is 6.53. The van der Waals surface area contributed by atoms with E-state index >= 15 is 0 Å². The number of thioether (sulfide) groups is 1. The van der Waals surface area contributed by atoms with Crippen LogP contribution in [-0.4, -0.2) is 25.0 Å². The lowest BCUT2D eigenvalue weighted by molar-refractivity contribution is 0.527. The highest BCUT2D eigenvalue weighted by Gasteiger charge is 2.13. The molecule has 23 heavy (non-hydrogen) atoms. The fourth-order valence-corrected chi connectivity index (χ4v) is 3.28. The monoisotopic (exact) mass is 395 g/mol. The number of nitrogens with one attached hydrogen (secondary N) is 1. The summed E-state index contributed by atoms with van der Waals surface area (Å²) in [6.45, 7) is 2.64. The molecule has 0 saturated heterocycles. The summed E-state index contributed by atoms with van der Waals surface area (Å²) in [6.07, 6.45) is 0.861. The molecule has 0 atom stereocenters. The van der Waals surface area contributed by atoms with Crippen LogP contribution in [0.4, 0.5) is 0 Å². The van der Waals surface area contributed by atoms with Crippen LogP contribution in [0.25, 0.3) is 11.5 Å². The predicted molar refractivity (Wildman–Crippen MR) is 90.1 cm³/mol. The van der Waals surface area contributed by atoms with Crippen LogP contribution in [0.1, 0.15) is 19.2 Å². The first-order valence-electron chi connectivity index (χ1n) is 7.04. The van der Waals surface area contributed by atoms with E-state index in [9.17, 15) is 4.79 Å². The van der Waals surface area contributed by atoms with Crippen molar-refractivity contribution in [3.05, 3.63) is 45.1 Å². The zero-order chi connectivity index (χ0) is 16.2. The number of aromatic amines is 1. The summed E-state index contributed by atoms with van der Waals surface area (Å²) >= 11 is 4.85. The van der Waals surface area contributed by atoms with Crippen LogP contribution < -0.4 is 5.69 Å². The summed E-state index contributed by atoms with van der Waals surface area (Å²) in [6, 6.07) is 7.65. The molecule has 3 aromatic rings. The third-order valence-electron chi connectivity index (χ3n) is 3.07. The predicted octanol–water partition coefficient (Wildman–Crippen LogP) is 3.09. The quantitative estimate of drug-likeness (QED) is 0.644. The van der Waals surface area contributed by atoms with E-state index in [0.29, 0.717) is 29.2 Å². The third kappa shape index (κ3) is 3.56. The van der Waals surface area contributed by atoms with Crippen LogP contribution in [-0.2, 0) is 12.3 Å². The molecule has 0 aliphatic heterocycles. The smallest absolute Gasteiger partial charge is 0.343 e. The van der Waals surface area contributed by atoms with Gasteiger partial charge in [-0.1, -0.05) is 30.8 Å². The van der Waals surface area contributed by atoms with E-state index in [1.54, 1.807) is 4.57 Å². The molecule has 7 nitrogen and oxygen atoms in total. The molecule has 2 heterocycles. The summed E-state index contributed by atoms with van der Waals surface area (Å²) in [7, 11) is 0. The number of benzene rings is 1. The average molecular weight is 396 g/mol. The molecule has 0 spiro atoms. The first-order valence-corrected chi connectivity index (χ1v) is 8.82. The molecule has 0 aliphatic carbocycles. The fraction of sp³-hybridized carbons (Fsp3) is 0.286. The Morgan fingerprint density at radius 1 is 1.35 bits per heavy atom. The van der Waals surface area contributed by atoms with Gasteiger partial charge in [0, 0.05) is 11.0 Å². The van der Waals surface area contributed by atoms with E-state index in [4.69, 9.17) is 4.42 Å². The Kier molecular flexibility index (Phi) is 4.97. The summed E-state index contributed by atoms with van der Waals surface area (Å²) in [5.41, 5.74) is 0.646. The van der Waals surface area contributed by atoms with Gasteiger partial charge in [0.25, 0.3) is 0 Å².